The van der Waals surface area contributed by atoms with Gasteiger partial charge in [-0.2, -0.15) is 8.78 Å². The summed E-state index contributed by atoms with van der Waals surface area (Å²) in [5, 5.41) is 2.96. The molecule has 2 aromatic heterocycles. The number of alkyl halides is 2. The van der Waals surface area contributed by atoms with Crippen molar-refractivity contribution in [1.29, 1.82) is 0 Å². The van der Waals surface area contributed by atoms with Crippen LogP contribution in [0, 0.1) is 19.8 Å². The van der Waals surface area contributed by atoms with Gasteiger partial charge in [0.05, 0.1) is 24.0 Å². The number of halogens is 3. The van der Waals surface area contributed by atoms with Gasteiger partial charge in [-0.25, -0.2) is 9.97 Å². The third-order valence-corrected chi connectivity index (χ3v) is 4.96. The molecule has 0 saturated heterocycles. The number of aromatic nitrogens is 3. The molecule has 0 radical (unpaired) electrons. The average Bonchev–Trinajstić information content (AvgIpc) is 3.45. The molecular weight excluding hydrogens is 438 g/mol. The van der Waals surface area contributed by atoms with Crippen LogP contribution in [0.15, 0.2) is 21.7 Å². The van der Waals surface area contributed by atoms with E-state index in [1.165, 1.54) is 0 Å². The number of pyridine rings is 1. The maximum atomic E-state index is 12.8. The molecule has 2 heterocycles. The fourth-order valence-corrected chi connectivity index (χ4v) is 3.37. The van der Waals surface area contributed by atoms with E-state index in [0.29, 0.717) is 34.0 Å². The van der Waals surface area contributed by atoms with Crippen molar-refractivity contribution >= 4 is 27.4 Å². The maximum Gasteiger partial charge on any atom is 0.388 e. The van der Waals surface area contributed by atoms with E-state index in [4.69, 9.17) is 4.74 Å². The highest BCUT2D eigenvalue weighted by Crippen LogP contribution is 2.34. The number of hydrogen-bond donors (Lipinski definition) is 1. The second-order valence-electron chi connectivity index (χ2n) is 6.73. The lowest BCUT2D eigenvalue weighted by Crippen LogP contribution is -2.30. The molecule has 0 aliphatic heterocycles. The summed E-state index contributed by atoms with van der Waals surface area (Å²) < 4.78 is 36.9. The van der Waals surface area contributed by atoms with Crippen molar-refractivity contribution in [2.45, 2.75) is 45.9 Å². The Kier molecular flexibility index (Phi) is 6.29. The lowest BCUT2D eigenvalue weighted by Gasteiger charge is -2.17. The fraction of sp³-hybridized carbons (Fsp3) is 0.500. The number of hydrogen-bond acceptors (Lipinski definition) is 6. The highest BCUT2D eigenvalue weighted by atomic mass is 79.9. The molecule has 0 aromatic carbocycles. The smallest absolute Gasteiger partial charge is 0.388 e. The van der Waals surface area contributed by atoms with Crippen molar-refractivity contribution in [3.8, 4) is 5.88 Å². The van der Waals surface area contributed by atoms with Crippen molar-refractivity contribution in [3.63, 3.8) is 0 Å². The predicted molar refractivity (Wildman–Crippen MR) is 103 cm³/mol. The second-order valence-corrected chi connectivity index (χ2v) is 7.54. The highest BCUT2D eigenvalue weighted by Gasteiger charge is 2.32. The minimum Gasteiger partial charge on any atom is -0.417 e. The lowest BCUT2D eigenvalue weighted by atomic mass is 10.2. The number of ether oxygens (including phenoxy) is 2. The molecule has 1 fully saturated rings. The van der Waals surface area contributed by atoms with E-state index in [2.05, 4.69) is 36.0 Å². The number of rotatable bonds is 8. The Bertz CT molecular complexity index is 918. The van der Waals surface area contributed by atoms with Gasteiger partial charge in [0.1, 0.15) is 4.60 Å². The lowest BCUT2D eigenvalue weighted by molar-refractivity contribution is -0.0533. The third-order valence-electron chi connectivity index (χ3n) is 4.58. The first-order valence-corrected chi connectivity index (χ1v) is 9.57. The van der Waals surface area contributed by atoms with Crippen molar-refractivity contribution in [2.75, 3.05) is 12.4 Å². The number of nitrogens with zero attached hydrogens (tertiary/aromatic N) is 3. The van der Waals surface area contributed by atoms with E-state index >= 15 is 0 Å². The summed E-state index contributed by atoms with van der Waals surface area (Å²) in [6.07, 6.45) is 3.79. The van der Waals surface area contributed by atoms with Crippen LogP contribution >= 0.6 is 15.9 Å². The van der Waals surface area contributed by atoms with Crippen LogP contribution < -0.4 is 15.6 Å². The standard InChI is InChI=1S/C18H21BrF2N4O3/c1-9-6-12(10(2)22-16(9)28-18(20)21)23-15-17(26)25(8-14(19)24-15)7-13(27-3)11-4-5-11/h6,8,11,13,18H,4-5,7H2,1-3H3,(H,23,24). The van der Waals surface area contributed by atoms with E-state index in [-0.39, 0.29) is 23.4 Å². The van der Waals surface area contributed by atoms with Gasteiger partial charge in [0, 0.05) is 18.9 Å². The van der Waals surface area contributed by atoms with Crippen LogP contribution in [0.1, 0.15) is 24.1 Å². The zero-order valence-electron chi connectivity index (χ0n) is 15.7. The zero-order chi connectivity index (χ0) is 20.4. The highest BCUT2D eigenvalue weighted by molar-refractivity contribution is 9.10. The Morgan fingerprint density at radius 3 is 2.68 bits per heavy atom. The van der Waals surface area contributed by atoms with E-state index < -0.39 is 6.61 Å². The van der Waals surface area contributed by atoms with Crippen molar-refractivity contribution < 1.29 is 18.3 Å². The summed E-state index contributed by atoms with van der Waals surface area (Å²) in [6, 6.07) is 1.59. The summed E-state index contributed by atoms with van der Waals surface area (Å²) in [6.45, 7) is 0.696. The van der Waals surface area contributed by atoms with Gasteiger partial charge < -0.3 is 19.4 Å². The third kappa shape index (κ3) is 4.85. The molecule has 0 spiro atoms. The number of methoxy groups -OCH3 is 1. The average molecular weight is 459 g/mol. The van der Waals surface area contributed by atoms with E-state index in [0.717, 1.165) is 12.8 Å². The van der Waals surface area contributed by atoms with Gasteiger partial charge in [-0.3, -0.25) is 4.79 Å². The molecule has 2 aromatic rings. The van der Waals surface area contributed by atoms with Crippen LogP contribution in [-0.2, 0) is 11.3 Å². The second kappa shape index (κ2) is 8.52. The Balaban J connectivity index is 1.88. The molecule has 1 unspecified atom stereocenters. The zero-order valence-corrected chi connectivity index (χ0v) is 17.3. The SMILES string of the molecule is COC(Cn1cc(Br)nc(Nc2cc(C)c(OC(F)F)nc2C)c1=O)C1CC1. The van der Waals surface area contributed by atoms with Crippen molar-refractivity contribution in [3.05, 3.63) is 38.5 Å². The van der Waals surface area contributed by atoms with E-state index in [9.17, 15) is 13.6 Å². The van der Waals surface area contributed by atoms with E-state index in [1.54, 1.807) is 37.8 Å². The molecule has 1 aliphatic carbocycles. The maximum absolute atomic E-state index is 12.8. The molecule has 1 atom stereocenters. The summed E-state index contributed by atoms with van der Waals surface area (Å²) in [5.41, 5.74) is 0.994. The fourth-order valence-electron chi connectivity index (χ4n) is 2.94. The first-order chi connectivity index (χ1) is 13.3. The van der Waals surface area contributed by atoms with Gasteiger partial charge in [-0.05, 0) is 54.6 Å². The Morgan fingerprint density at radius 1 is 1.36 bits per heavy atom. The summed E-state index contributed by atoms with van der Waals surface area (Å²) in [7, 11) is 1.64. The molecule has 7 nitrogen and oxygen atoms in total. The molecule has 0 amide bonds. The van der Waals surface area contributed by atoms with Gasteiger partial charge in [0.25, 0.3) is 5.56 Å². The molecule has 152 valence electrons. The molecular formula is C18H21BrF2N4O3. The molecule has 1 saturated carbocycles. The van der Waals surface area contributed by atoms with Gasteiger partial charge >= 0.3 is 6.61 Å². The first kappa shape index (κ1) is 20.7. The molecule has 28 heavy (non-hydrogen) atoms. The number of nitrogens with one attached hydrogen (secondary N) is 1. The number of aryl methyl sites for hydroxylation is 2. The molecule has 3 rings (SSSR count). The topological polar surface area (TPSA) is 78.3 Å². The van der Waals surface area contributed by atoms with Crippen LogP contribution in [0.4, 0.5) is 20.3 Å². The molecule has 1 aliphatic rings. The van der Waals surface area contributed by atoms with Crippen LogP contribution in [0.5, 0.6) is 5.88 Å². The minimum absolute atomic E-state index is 0.0312. The van der Waals surface area contributed by atoms with Crippen LogP contribution in [-0.4, -0.2) is 34.4 Å². The van der Waals surface area contributed by atoms with Gasteiger partial charge in [0.2, 0.25) is 5.88 Å². The van der Waals surface area contributed by atoms with Gasteiger partial charge in [0.15, 0.2) is 5.82 Å². The monoisotopic (exact) mass is 458 g/mol. The van der Waals surface area contributed by atoms with E-state index in [1.807, 2.05) is 0 Å². The van der Waals surface area contributed by atoms with Crippen LogP contribution in [0.25, 0.3) is 0 Å². The summed E-state index contributed by atoms with van der Waals surface area (Å²) in [5.74, 6) is 0.425. The van der Waals surface area contributed by atoms with Crippen molar-refractivity contribution in [1.82, 2.24) is 14.5 Å². The summed E-state index contributed by atoms with van der Waals surface area (Å²) in [4.78, 5) is 21.1. The molecule has 1 N–H and O–H groups in total. The van der Waals surface area contributed by atoms with Crippen LogP contribution in [0.2, 0.25) is 0 Å². The normalized spacial score (nSPS) is 15.0. The Morgan fingerprint density at radius 2 is 2.07 bits per heavy atom. The predicted octanol–water partition coefficient (Wildman–Crippen LogP) is 3.79. The first-order valence-electron chi connectivity index (χ1n) is 8.78. The molecule has 0 bridgehead atoms. The van der Waals surface area contributed by atoms with Gasteiger partial charge in [-0.15, -0.1) is 0 Å². The summed E-state index contributed by atoms with van der Waals surface area (Å²) >= 11 is 3.33. The number of anilines is 2. The minimum atomic E-state index is -2.96. The van der Waals surface area contributed by atoms with Crippen LogP contribution in [0.3, 0.4) is 0 Å². The Labute approximate surface area is 169 Å². The van der Waals surface area contributed by atoms with Gasteiger partial charge in [-0.1, -0.05) is 0 Å². The quantitative estimate of drug-likeness (QED) is 0.648. The molecule has 10 heteroatoms. The van der Waals surface area contributed by atoms with Crippen molar-refractivity contribution in [2.24, 2.45) is 5.92 Å². The Hall–Kier alpha value is -2.07. The largest absolute Gasteiger partial charge is 0.417 e.